The van der Waals surface area contributed by atoms with Crippen LogP contribution in [0.1, 0.15) is 29.8 Å². The van der Waals surface area contributed by atoms with Gasteiger partial charge in [-0.3, -0.25) is 4.79 Å². The maximum absolute atomic E-state index is 12.8. The number of halogens is 1. The number of carbonyl (C=O) groups excluding carboxylic acids is 1. The van der Waals surface area contributed by atoms with Gasteiger partial charge < -0.3 is 10.6 Å². The predicted octanol–water partition coefficient (Wildman–Crippen LogP) is 4.08. The van der Waals surface area contributed by atoms with Crippen LogP contribution in [0.2, 0.25) is 0 Å². The highest BCUT2D eigenvalue weighted by molar-refractivity contribution is 9.10. The highest BCUT2D eigenvalue weighted by atomic mass is 79.9. The lowest BCUT2D eigenvalue weighted by Gasteiger charge is -2.27. The fourth-order valence-corrected chi connectivity index (χ4v) is 2.57. The second-order valence-corrected chi connectivity index (χ2v) is 6.01. The van der Waals surface area contributed by atoms with Crippen molar-refractivity contribution >= 4 is 27.5 Å². The van der Waals surface area contributed by atoms with Crippen molar-refractivity contribution in [1.29, 1.82) is 0 Å². The van der Waals surface area contributed by atoms with Crippen LogP contribution in [0.5, 0.6) is 0 Å². The van der Waals surface area contributed by atoms with E-state index in [2.05, 4.69) is 15.9 Å². The molecule has 2 rings (SSSR count). The summed E-state index contributed by atoms with van der Waals surface area (Å²) in [5.74, 6) is -0.0203. The fourth-order valence-electron chi connectivity index (χ4n) is 2.14. The molecule has 110 valence electrons. The van der Waals surface area contributed by atoms with Crippen molar-refractivity contribution in [2.75, 3.05) is 5.73 Å². The van der Waals surface area contributed by atoms with Crippen molar-refractivity contribution in [2.45, 2.75) is 26.4 Å². The summed E-state index contributed by atoms with van der Waals surface area (Å²) in [7, 11) is 0. The van der Waals surface area contributed by atoms with Crippen LogP contribution < -0.4 is 5.73 Å². The van der Waals surface area contributed by atoms with Crippen LogP contribution in [-0.4, -0.2) is 16.8 Å². The number of rotatable bonds is 4. The lowest BCUT2D eigenvalue weighted by atomic mass is 10.1. The number of hydrogen-bond donors (Lipinski definition) is 1. The number of hydrogen-bond acceptors (Lipinski definition) is 2. The maximum Gasteiger partial charge on any atom is 0.255 e. The molecule has 21 heavy (non-hydrogen) atoms. The third-order valence-electron chi connectivity index (χ3n) is 3.34. The van der Waals surface area contributed by atoms with Crippen LogP contribution in [0.4, 0.5) is 5.69 Å². The van der Waals surface area contributed by atoms with Gasteiger partial charge in [-0.25, -0.2) is 0 Å². The van der Waals surface area contributed by atoms with E-state index < -0.39 is 0 Å². The standard InChI is InChI=1S/C17H19BrN2O/c1-12(2)20(11-13-7-4-3-5-8-13)17(21)14-9-6-10-15(19)16(14)18/h3-10,12H,11,19H2,1-2H3. The Morgan fingerprint density at radius 2 is 1.81 bits per heavy atom. The molecule has 2 N–H and O–H groups in total. The summed E-state index contributed by atoms with van der Waals surface area (Å²) in [4.78, 5) is 14.6. The zero-order valence-electron chi connectivity index (χ0n) is 12.2. The summed E-state index contributed by atoms with van der Waals surface area (Å²) >= 11 is 3.41. The normalized spacial score (nSPS) is 10.7. The Bertz CT molecular complexity index is 626. The number of nitrogen functional groups attached to an aromatic ring is 1. The van der Waals surface area contributed by atoms with E-state index in [0.717, 1.165) is 5.56 Å². The average Bonchev–Trinajstić information content (AvgIpc) is 2.48. The lowest BCUT2D eigenvalue weighted by molar-refractivity contribution is 0.0689. The van der Waals surface area contributed by atoms with E-state index in [1.54, 1.807) is 18.2 Å². The van der Waals surface area contributed by atoms with Crippen molar-refractivity contribution in [3.05, 3.63) is 64.1 Å². The summed E-state index contributed by atoms with van der Waals surface area (Å²) in [6.45, 7) is 4.61. The molecular formula is C17H19BrN2O. The van der Waals surface area contributed by atoms with Gasteiger partial charge in [-0.2, -0.15) is 0 Å². The largest absolute Gasteiger partial charge is 0.398 e. The molecule has 0 saturated carbocycles. The van der Waals surface area contributed by atoms with Gasteiger partial charge in [0.25, 0.3) is 5.91 Å². The Morgan fingerprint density at radius 3 is 2.43 bits per heavy atom. The molecule has 0 aliphatic heterocycles. The van der Waals surface area contributed by atoms with E-state index in [-0.39, 0.29) is 11.9 Å². The van der Waals surface area contributed by atoms with Gasteiger partial charge in [0, 0.05) is 18.3 Å². The molecule has 0 unspecified atom stereocenters. The maximum atomic E-state index is 12.8. The summed E-state index contributed by atoms with van der Waals surface area (Å²) in [5.41, 5.74) is 8.15. The SMILES string of the molecule is CC(C)N(Cc1ccccc1)C(=O)c1cccc(N)c1Br. The number of carbonyl (C=O) groups is 1. The van der Waals surface area contributed by atoms with Gasteiger partial charge >= 0.3 is 0 Å². The fraction of sp³-hybridized carbons (Fsp3) is 0.235. The van der Waals surface area contributed by atoms with E-state index in [9.17, 15) is 4.79 Å². The topological polar surface area (TPSA) is 46.3 Å². The Morgan fingerprint density at radius 1 is 1.14 bits per heavy atom. The first-order valence-electron chi connectivity index (χ1n) is 6.89. The molecule has 0 bridgehead atoms. The number of nitrogens with zero attached hydrogens (tertiary/aromatic N) is 1. The van der Waals surface area contributed by atoms with Crippen molar-refractivity contribution in [3.8, 4) is 0 Å². The summed E-state index contributed by atoms with van der Waals surface area (Å²) in [5, 5.41) is 0. The lowest BCUT2D eigenvalue weighted by Crippen LogP contribution is -2.36. The molecule has 0 saturated heterocycles. The Balaban J connectivity index is 2.30. The first-order chi connectivity index (χ1) is 10.0. The molecule has 0 heterocycles. The van der Waals surface area contributed by atoms with Crippen molar-refractivity contribution in [2.24, 2.45) is 0 Å². The van der Waals surface area contributed by atoms with Crippen molar-refractivity contribution in [1.82, 2.24) is 4.90 Å². The van der Waals surface area contributed by atoms with E-state index >= 15 is 0 Å². The number of amides is 1. The highest BCUT2D eigenvalue weighted by Crippen LogP contribution is 2.26. The number of nitrogens with two attached hydrogens (primary N) is 1. The summed E-state index contributed by atoms with van der Waals surface area (Å²) in [6, 6.07) is 15.5. The van der Waals surface area contributed by atoms with Crippen LogP contribution >= 0.6 is 15.9 Å². The van der Waals surface area contributed by atoms with Gasteiger partial charge in [0.1, 0.15) is 0 Å². The van der Waals surface area contributed by atoms with Crippen LogP contribution in [0, 0.1) is 0 Å². The smallest absolute Gasteiger partial charge is 0.255 e. The minimum absolute atomic E-state index is 0.0203. The zero-order chi connectivity index (χ0) is 15.4. The molecule has 2 aromatic rings. The molecule has 0 aliphatic rings. The van der Waals surface area contributed by atoms with Gasteiger partial charge in [0.05, 0.1) is 10.0 Å². The number of anilines is 1. The molecule has 3 nitrogen and oxygen atoms in total. The highest BCUT2D eigenvalue weighted by Gasteiger charge is 2.21. The molecular weight excluding hydrogens is 328 g/mol. The molecule has 0 spiro atoms. The first-order valence-corrected chi connectivity index (χ1v) is 7.69. The van der Waals surface area contributed by atoms with Crippen LogP contribution in [0.3, 0.4) is 0 Å². The van der Waals surface area contributed by atoms with E-state index in [1.807, 2.05) is 49.1 Å². The van der Waals surface area contributed by atoms with Crippen LogP contribution in [0.25, 0.3) is 0 Å². The third kappa shape index (κ3) is 3.64. The van der Waals surface area contributed by atoms with Crippen LogP contribution in [0.15, 0.2) is 53.0 Å². The monoisotopic (exact) mass is 346 g/mol. The molecule has 0 atom stereocenters. The Hall–Kier alpha value is -1.81. The average molecular weight is 347 g/mol. The second-order valence-electron chi connectivity index (χ2n) is 5.22. The second kappa shape index (κ2) is 6.76. The minimum Gasteiger partial charge on any atom is -0.398 e. The van der Waals surface area contributed by atoms with Crippen molar-refractivity contribution in [3.63, 3.8) is 0 Å². The quantitative estimate of drug-likeness (QED) is 0.847. The molecule has 4 heteroatoms. The summed E-state index contributed by atoms with van der Waals surface area (Å²) < 4.78 is 0.661. The molecule has 0 aliphatic carbocycles. The van der Waals surface area contributed by atoms with E-state index in [0.29, 0.717) is 22.3 Å². The van der Waals surface area contributed by atoms with Gasteiger partial charge in [0.2, 0.25) is 0 Å². The Kier molecular flexibility index (Phi) is 5.02. The molecule has 0 radical (unpaired) electrons. The predicted molar refractivity (Wildman–Crippen MR) is 90.0 cm³/mol. The van der Waals surface area contributed by atoms with Gasteiger partial charge in [-0.15, -0.1) is 0 Å². The van der Waals surface area contributed by atoms with Gasteiger partial charge in [-0.05, 0) is 47.5 Å². The summed E-state index contributed by atoms with van der Waals surface area (Å²) in [6.07, 6.45) is 0. The molecule has 0 aromatic heterocycles. The molecule has 1 amide bonds. The molecule has 2 aromatic carbocycles. The molecule has 0 fully saturated rings. The number of benzene rings is 2. The van der Waals surface area contributed by atoms with E-state index in [1.165, 1.54) is 0 Å². The minimum atomic E-state index is -0.0203. The van der Waals surface area contributed by atoms with Gasteiger partial charge in [0.15, 0.2) is 0 Å². The van der Waals surface area contributed by atoms with E-state index in [4.69, 9.17) is 5.73 Å². The van der Waals surface area contributed by atoms with Crippen molar-refractivity contribution < 1.29 is 4.79 Å². The Labute approximate surface area is 133 Å². The zero-order valence-corrected chi connectivity index (χ0v) is 13.8. The first kappa shape index (κ1) is 15.6. The van der Waals surface area contributed by atoms with Crippen LogP contribution in [-0.2, 0) is 6.54 Å². The van der Waals surface area contributed by atoms with Gasteiger partial charge in [-0.1, -0.05) is 36.4 Å². The third-order valence-corrected chi connectivity index (χ3v) is 4.22.